The molecule has 0 unspecified atom stereocenters. The van der Waals surface area contributed by atoms with Crippen LogP contribution in [0.4, 0.5) is 0 Å². The molecule has 2 rings (SSSR count). The van der Waals surface area contributed by atoms with Crippen LogP contribution in [0.5, 0.6) is 0 Å². The Morgan fingerprint density at radius 2 is 2.44 bits per heavy atom. The minimum absolute atomic E-state index is 0.0273. The molecule has 2 aromatic rings. The Morgan fingerprint density at radius 1 is 1.69 bits per heavy atom. The predicted octanol–water partition coefficient (Wildman–Crippen LogP) is 1.94. The van der Waals surface area contributed by atoms with Crippen molar-refractivity contribution in [3.63, 3.8) is 0 Å². The van der Waals surface area contributed by atoms with E-state index < -0.39 is 5.97 Å². The lowest BCUT2D eigenvalue weighted by Crippen LogP contribution is -1.98. The number of pyridine rings is 1. The van der Waals surface area contributed by atoms with E-state index in [-0.39, 0.29) is 12.3 Å². The van der Waals surface area contributed by atoms with Crippen LogP contribution < -0.4 is 0 Å². The van der Waals surface area contributed by atoms with Crippen LogP contribution >= 0.6 is 15.9 Å². The Labute approximate surface area is 99.8 Å². The highest BCUT2D eigenvalue weighted by Crippen LogP contribution is 2.23. The highest BCUT2D eigenvalue weighted by molar-refractivity contribution is 9.10. The fourth-order valence-electron chi connectivity index (χ4n) is 1.54. The summed E-state index contributed by atoms with van der Waals surface area (Å²) in [6.45, 7) is 0.269. The SMILES string of the molecule is COCc1nc(C(=O)O)c2c(Br)cccn12. The largest absolute Gasteiger partial charge is 0.476 e. The number of aromatic carboxylic acids is 1. The van der Waals surface area contributed by atoms with Crippen LogP contribution in [-0.4, -0.2) is 27.6 Å². The van der Waals surface area contributed by atoms with Gasteiger partial charge in [0.2, 0.25) is 0 Å². The van der Waals surface area contributed by atoms with Gasteiger partial charge in [0, 0.05) is 17.8 Å². The molecule has 2 aromatic heterocycles. The quantitative estimate of drug-likeness (QED) is 0.936. The first-order chi connectivity index (χ1) is 7.65. The summed E-state index contributed by atoms with van der Waals surface area (Å²) in [6.07, 6.45) is 1.76. The van der Waals surface area contributed by atoms with Gasteiger partial charge >= 0.3 is 5.97 Å². The molecule has 0 aromatic carbocycles. The number of carboxylic acids is 1. The zero-order valence-electron chi connectivity index (χ0n) is 8.48. The second kappa shape index (κ2) is 4.23. The molecule has 0 spiro atoms. The second-order valence-corrected chi connectivity index (χ2v) is 4.04. The van der Waals surface area contributed by atoms with E-state index in [1.807, 2.05) is 6.07 Å². The lowest BCUT2D eigenvalue weighted by molar-refractivity contribution is 0.0692. The number of nitrogens with zero attached hydrogens (tertiary/aromatic N) is 2. The molecular formula is C10H9BrN2O3. The third-order valence-electron chi connectivity index (χ3n) is 2.16. The van der Waals surface area contributed by atoms with Crippen LogP contribution in [0.1, 0.15) is 16.3 Å². The second-order valence-electron chi connectivity index (χ2n) is 3.19. The van der Waals surface area contributed by atoms with Crippen LogP contribution in [0.3, 0.4) is 0 Å². The number of imidazole rings is 1. The maximum absolute atomic E-state index is 11.0. The Balaban J connectivity index is 2.76. The molecule has 0 atom stereocenters. The van der Waals surface area contributed by atoms with E-state index in [4.69, 9.17) is 9.84 Å². The van der Waals surface area contributed by atoms with Gasteiger partial charge in [-0.1, -0.05) is 0 Å². The van der Waals surface area contributed by atoms with Crippen molar-refractivity contribution in [1.29, 1.82) is 0 Å². The first-order valence-electron chi connectivity index (χ1n) is 4.53. The first-order valence-corrected chi connectivity index (χ1v) is 5.32. The average molecular weight is 285 g/mol. The monoisotopic (exact) mass is 284 g/mol. The predicted molar refractivity (Wildman–Crippen MR) is 60.6 cm³/mol. The van der Waals surface area contributed by atoms with E-state index in [2.05, 4.69) is 20.9 Å². The molecule has 6 heteroatoms. The Kier molecular flexibility index (Phi) is 2.93. The summed E-state index contributed by atoms with van der Waals surface area (Å²) < 4.78 is 7.38. The van der Waals surface area contributed by atoms with E-state index in [9.17, 15) is 4.79 Å². The minimum Gasteiger partial charge on any atom is -0.476 e. The average Bonchev–Trinajstić information content (AvgIpc) is 2.60. The van der Waals surface area contributed by atoms with Crippen LogP contribution in [-0.2, 0) is 11.3 Å². The van der Waals surface area contributed by atoms with E-state index in [1.54, 1.807) is 23.8 Å². The molecule has 0 amide bonds. The van der Waals surface area contributed by atoms with Crippen molar-refractivity contribution >= 4 is 27.4 Å². The molecule has 16 heavy (non-hydrogen) atoms. The van der Waals surface area contributed by atoms with Gasteiger partial charge in [-0.15, -0.1) is 0 Å². The molecule has 0 fully saturated rings. The number of fused-ring (bicyclic) bond motifs is 1. The number of carboxylic acid groups (broad SMARTS) is 1. The maximum Gasteiger partial charge on any atom is 0.356 e. The van der Waals surface area contributed by atoms with Crippen molar-refractivity contribution in [2.24, 2.45) is 0 Å². The molecule has 0 aliphatic carbocycles. The van der Waals surface area contributed by atoms with Crippen molar-refractivity contribution in [1.82, 2.24) is 9.38 Å². The fraction of sp³-hybridized carbons (Fsp3) is 0.200. The number of ether oxygens (including phenoxy) is 1. The molecule has 2 heterocycles. The number of methoxy groups -OCH3 is 1. The summed E-state index contributed by atoms with van der Waals surface area (Å²) in [5.41, 5.74) is 0.571. The van der Waals surface area contributed by atoms with Gasteiger partial charge in [-0.2, -0.15) is 0 Å². The molecule has 0 aliphatic heterocycles. The highest BCUT2D eigenvalue weighted by Gasteiger charge is 2.18. The van der Waals surface area contributed by atoms with Crippen LogP contribution in [0.25, 0.3) is 5.52 Å². The van der Waals surface area contributed by atoms with E-state index in [0.29, 0.717) is 15.8 Å². The van der Waals surface area contributed by atoms with Crippen LogP contribution in [0.15, 0.2) is 22.8 Å². The van der Waals surface area contributed by atoms with Gasteiger partial charge in [0.25, 0.3) is 0 Å². The topological polar surface area (TPSA) is 63.8 Å². The molecule has 0 bridgehead atoms. The molecule has 0 saturated heterocycles. The van der Waals surface area contributed by atoms with Crippen molar-refractivity contribution in [2.45, 2.75) is 6.61 Å². The summed E-state index contributed by atoms with van der Waals surface area (Å²) in [5, 5.41) is 9.05. The number of hydrogen-bond donors (Lipinski definition) is 1. The Morgan fingerprint density at radius 3 is 3.06 bits per heavy atom. The van der Waals surface area contributed by atoms with Gasteiger partial charge in [0.1, 0.15) is 12.4 Å². The summed E-state index contributed by atoms with van der Waals surface area (Å²) in [5.74, 6) is -0.483. The number of aromatic nitrogens is 2. The van der Waals surface area contributed by atoms with Crippen LogP contribution in [0, 0.1) is 0 Å². The Bertz CT molecular complexity index is 550. The molecule has 1 N–H and O–H groups in total. The lowest BCUT2D eigenvalue weighted by Gasteiger charge is -2.00. The third-order valence-corrected chi connectivity index (χ3v) is 2.80. The smallest absolute Gasteiger partial charge is 0.356 e. The van der Waals surface area contributed by atoms with Crippen molar-refractivity contribution in [3.05, 3.63) is 34.3 Å². The third kappa shape index (κ3) is 1.70. The summed E-state index contributed by atoms with van der Waals surface area (Å²) >= 11 is 3.32. The van der Waals surface area contributed by atoms with Gasteiger partial charge < -0.3 is 9.84 Å². The first kappa shape index (κ1) is 11.1. The van der Waals surface area contributed by atoms with Crippen molar-refractivity contribution < 1.29 is 14.6 Å². The van der Waals surface area contributed by atoms with E-state index in [0.717, 1.165) is 0 Å². The number of halogens is 1. The van der Waals surface area contributed by atoms with Gasteiger partial charge in [-0.25, -0.2) is 9.78 Å². The van der Waals surface area contributed by atoms with E-state index >= 15 is 0 Å². The lowest BCUT2D eigenvalue weighted by atomic mass is 10.3. The Hall–Kier alpha value is -1.40. The van der Waals surface area contributed by atoms with Crippen molar-refractivity contribution in [2.75, 3.05) is 7.11 Å². The molecule has 84 valence electrons. The number of carbonyl (C=O) groups is 1. The van der Waals surface area contributed by atoms with Gasteiger partial charge in [-0.3, -0.25) is 4.40 Å². The van der Waals surface area contributed by atoms with Gasteiger partial charge in [0.15, 0.2) is 5.69 Å². The van der Waals surface area contributed by atoms with E-state index in [1.165, 1.54) is 0 Å². The maximum atomic E-state index is 11.0. The van der Waals surface area contributed by atoms with Crippen molar-refractivity contribution in [3.8, 4) is 0 Å². The standard InChI is InChI=1S/C10H9BrN2O3/c1-16-5-7-12-8(10(14)15)9-6(11)3-2-4-13(7)9/h2-4H,5H2,1H3,(H,14,15). The van der Waals surface area contributed by atoms with Crippen LogP contribution in [0.2, 0.25) is 0 Å². The molecule has 0 radical (unpaired) electrons. The normalized spacial score (nSPS) is 10.9. The molecular weight excluding hydrogens is 276 g/mol. The number of rotatable bonds is 3. The van der Waals surface area contributed by atoms with Gasteiger partial charge in [-0.05, 0) is 28.1 Å². The zero-order valence-corrected chi connectivity index (χ0v) is 10.1. The highest BCUT2D eigenvalue weighted by atomic mass is 79.9. The molecule has 5 nitrogen and oxygen atoms in total. The summed E-state index contributed by atoms with van der Waals surface area (Å²) in [6, 6.07) is 3.59. The zero-order chi connectivity index (χ0) is 11.7. The minimum atomic E-state index is -1.05. The number of hydrogen-bond acceptors (Lipinski definition) is 3. The molecule has 0 saturated carbocycles. The summed E-state index contributed by atoms with van der Waals surface area (Å²) in [4.78, 5) is 15.1. The summed E-state index contributed by atoms with van der Waals surface area (Å²) in [7, 11) is 1.54. The van der Waals surface area contributed by atoms with Gasteiger partial charge in [0.05, 0.1) is 5.52 Å². The molecule has 0 aliphatic rings. The fourth-order valence-corrected chi connectivity index (χ4v) is 2.07.